The lowest BCUT2D eigenvalue weighted by molar-refractivity contribution is -0.384. The Morgan fingerprint density at radius 1 is 1.08 bits per heavy atom. The molecule has 2 fully saturated rings. The number of hydrogen-bond donors (Lipinski definition) is 0. The van der Waals surface area contributed by atoms with Gasteiger partial charge in [-0.2, -0.15) is 0 Å². The lowest BCUT2D eigenvalue weighted by Gasteiger charge is -2.36. The summed E-state index contributed by atoms with van der Waals surface area (Å²) in [7, 11) is 0. The van der Waals surface area contributed by atoms with Gasteiger partial charge in [0.15, 0.2) is 0 Å². The fourth-order valence-corrected chi connectivity index (χ4v) is 3.75. The number of carbonyl (C=O) groups is 1. The Balaban J connectivity index is 1.56. The van der Waals surface area contributed by atoms with E-state index in [4.69, 9.17) is 0 Å². The summed E-state index contributed by atoms with van der Waals surface area (Å²) in [5, 5.41) is 10.7. The molecule has 0 aromatic heterocycles. The number of hydrogen-bond acceptors (Lipinski definition) is 4. The minimum atomic E-state index is -0.377. The monoisotopic (exact) mass is 331 g/mol. The van der Waals surface area contributed by atoms with Gasteiger partial charge in [-0.1, -0.05) is 12.1 Å². The normalized spacial score (nSPS) is 22.3. The summed E-state index contributed by atoms with van der Waals surface area (Å²) < 4.78 is 0. The van der Waals surface area contributed by atoms with Crippen molar-refractivity contribution in [3.63, 3.8) is 0 Å². The van der Waals surface area contributed by atoms with E-state index < -0.39 is 0 Å². The van der Waals surface area contributed by atoms with Crippen molar-refractivity contribution in [1.82, 2.24) is 9.80 Å². The average molecular weight is 331 g/mol. The molecule has 0 unspecified atom stereocenters. The third kappa shape index (κ3) is 4.12. The van der Waals surface area contributed by atoms with Crippen molar-refractivity contribution < 1.29 is 9.72 Å². The van der Waals surface area contributed by atoms with Crippen molar-refractivity contribution in [3.05, 3.63) is 39.9 Å². The second-order valence-corrected chi connectivity index (χ2v) is 6.88. The first-order valence-corrected chi connectivity index (χ1v) is 8.88. The second-order valence-electron chi connectivity index (χ2n) is 6.88. The number of nitrogens with zero attached hydrogens (tertiary/aromatic N) is 3. The average Bonchev–Trinajstić information content (AvgIpc) is 2.62. The Hall–Kier alpha value is -1.95. The highest BCUT2D eigenvalue weighted by Crippen LogP contribution is 2.23. The van der Waals surface area contributed by atoms with Crippen LogP contribution in [-0.2, 0) is 11.3 Å². The van der Waals surface area contributed by atoms with Crippen molar-refractivity contribution in [3.8, 4) is 0 Å². The summed E-state index contributed by atoms with van der Waals surface area (Å²) in [4.78, 5) is 27.4. The minimum Gasteiger partial charge on any atom is -0.342 e. The van der Waals surface area contributed by atoms with Crippen molar-refractivity contribution >= 4 is 11.6 Å². The van der Waals surface area contributed by atoms with E-state index in [9.17, 15) is 14.9 Å². The fraction of sp³-hybridized carbons (Fsp3) is 0.611. The van der Waals surface area contributed by atoms with Gasteiger partial charge in [0.1, 0.15) is 0 Å². The molecule has 2 heterocycles. The Kier molecular flexibility index (Phi) is 5.45. The van der Waals surface area contributed by atoms with Crippen LogP contribution in [0.1, 0.15) is 37.7 Å². The van der Waals surface area contributed by atoms with Crippen LogP contribution in [0.25, 0.3) is 0 Å². The van der Waals surface area contributed by atoms with E-state index >= 15 is 0 Å². The summed E-state index contributed by atoms with van der Waals surface area (Å²) in [6.45, 7) is 4.37. The highest BCUT2D eigenvalue weighted by Gasteiger charge is 2.29. The number of carbonyl (C=O) groups excluding carboxylic acids is 1. The summed E-state index contributed by atoms with van der Waals surface area (Å²) in [5.74, 6) is 0.429. The molecule has 0 bridgehead atoms. The highest BCUT2D eigenvalue weighted by molar-refractivity contribution is 5.79. The number of benzene rings is 1. The Morgan fingerprint density at radius 3 is 2.46 bits per heavy atom. The maximum absolute atomic E-state index is 12.7. The first-order valence-electron chi connectivity index (χ1n) is 8.88. The summed E-state index contributed by atoms with van der Waals surface area (Å²) in [6, 6.07) is 6.73. The Bertz CT molecular complexity index is 582. The number of nitro groups is 1. The third-order valence-electron chi connectivity index (χ3n) is 5.08. The molecular formula is C18H25N3O3. The van der Waals surface area contributed by atoms with Crippen LogP contribution in [0.5, 0.6) is 0 Å². The molecule has 2 aliphatic heterocycles. The van der Waals surface area contributed by atoms with E-state index in [1.165, 1.54) is 6.42 Å². The van der Waals surface area contributed by atoms with Gasteiger partial charge >= 0.3 is 0 Å². The zero-order chi connectivity index (χ0) is 16.9. The largest absolute Gasteiger partial charge is 0.342 e. The molecule has 0 N–H and O–H groups in total. The number of likely N-dealkylation sites (tertiary alicyclic amines) is 2. The van der Waals surface area contributed by atoms with Crippen molar-refractivity contribution in [1.29, 1.82) is 0 Å². The molecule has 2 aliphatic rings. The smallest absolute Gasteiger partial charge is 0.269 e. The highest BCUT2D eigenvalue weighted by atomic mass is 16.6. The van der Waals surface area contributed by atoms with Gasteiger partial charge in [-0.25, -0.2) is 0 Å². The lowest BCUT2D eigenvalue weighted by atomic mass is 9.95. The van der Waals surface area contributed by atoms with Gasteiger partial charge in [-0.3, -0.25) is 19.8 Å². The van der Waals surface area contributed by atoms with Crippen molar-refractivity contribution in [2.75, 3.05) is 26.2 Å². The van der Waals surface area contributed by atoms with E-state index in [1.807, 2.05) is 17.0 Å². The zero-order valence-corrected chi connectivity index (χ0v) is 14.0. The van der Waals surface area contributed by atoms with Crippen molar-refractivity contribution in [2.24, 2.45) is 5.92 Å². The number of nitro benzene ring substituents is 1. The molecular weight excluding hydrogens is 306 g/mol. The Labute approximate surface area is 142 Å². The molecule has 24 heavy (non-hydrogen) atoms. The maximum atomic E-state index is 12.7. The SMILES string of the molecule is O=C([C@@H]1CCCN(Cc2ccc([N+](=O)[O-])cc2)C1)N1CCCCC1. The van der Waals surface area contributed by atoms with E-state index in [2.05, 4.69) is 4.90 Å². The van der Waals surface area contributed by atoms with Gasteiger partial charge < -0.3 is 4.90 Å². The molecule has 0 spiro atoms. The van der Waals surface area contributed by atoms with Gasteiger partial charge in [-0.15, -0.1) is 0 Å². The van der Waals surface area contributed by atoms with E-state index in [1.54, 1.807) is 12.1 Å². The van der Waals surface area contributed by atoms with Crippen LogP contribution in [0.3, 0.4) is 0 Å². The molecule has 0 radical (unpaired) electrons. The zero-order valence-electron chi connectivity index (χ0n) is 14.0. The summed E-state index contributed by atoms with van der Waals surface area (Å²) >= 11 is 0. The lowest BCUT2D eigenvalue weighted by Crippen LogP contribution is -2.46. The molecule has 1 atom stereocenters. The number of rotatable bonds is 4. The number of non-ortho nitro benzene ring substituents is 1. The van der Waals surface area contributed by atoms with E-state index in [0.717, 1.165) is 64.0 Å². The van der Waals surface area contributed by atoms with Gasteiger partial charge in [0.2, 0.25) is 5.91 Å². The predicted octanol–water partition coefficient (Wildman–Crippen LogP) is 2.82. The predicted molar refractivity (Wildman–Crippen MR) is 91.5 cm³/mol. The topological polar surface area (TPSA) is 66.7 Å². The molecule has 0 aliphatic carbocycles. The standard InChI is InChI=1S/C18H25N3O3/c22-18(20-11-2-1-3-12-20)16-5-4-10-19(14-16)13-15-6-8-17(9-7-15)21(23)24/h6-9,16H,1-5,10-14H2/t16-/m1/s1. The van der Waals surface area contributed by atoms with E-state index in [-0.39, 0.29) is 16.5 Å². The van der Waals surface area contributed by atoms with Crippen molar-refractivity contribution in [2.45, 2.75) is 38.6 Å². The number of amides is 1. The van der Waals surface area contributed by atoms with Gasteiger partial charge in [0.25, 0.3) is 5.69 Å². The summed E-state index contributed by atoms with van der Waals surface area (Å²) in [5.41, 5.74) is 1.18. The molecule has 6 nitrogen and oxygen atoms in total. The Morgan fingerprint density at radius 2 is 1.79 bits per heavy atom. The van der Waals surface area contributed by atoms with Gasteiger partial charge in [0, 0.05) is 38.3 Å². The third-order valence-corrected chi connectivity index (χ3v) is 5.08. The molecule has 130 valence electrons. The molecule has 1 aromatic rings. The molecule has 3 rings (SSSR count). The molecule has 1 aromatic carbocycles. The number of piperidine rings is 2. The van der Waals surface area contributed by atoms with Crippen LogP contribution in [0.2, 0.25) is 0 Å². The quantitative estimate of drug-likeness (QED) is 0.628. The van der Waals surface area contributed by atoms with Crippen LogP contribution in [-0.4, -0.2) is 46.8 Å². The molecule has 2 saturated heterocycles. The van der Waals surface area contributed by atoms with Crippen LogP contribution in [0, 0.1) is 16.0 Å². The van der Waals surface area contributed by atoms with Crippen LogP contribution < -0.4 is 0 Å². The van der Waals surface area contributed by atoms with Gasteiger partial charge in [-0.05, 0) is 44.2 Å². The molecule has 1 amide bonds. The van der Waals surface area contributed by atoms with Crippen LogP contribution in [0.4, 0.5) is 5.69 Å². The second kappa shape index (κ2) is 7.75. The molecule has 0 saturated carbocycles. The van der Waals surface area contributed by atoms with Gasteiger partial charge in [0.05, 0.1) is 10.8 Å². The first-order chi connectivity index (χ1) is 11.6. The fourth-order valence-electron chi connectivity index (χ4n) is 3.75. The van der Waals surface area contributed by atoms with Crippen LogP contribution in [0.15, 0.2) is 24.3 Å². The first kappa shape index (κ1) is 16.9. The molecule has 6 heteroatoms. The summed E-state index contributed by atoms with van der Waals surface area (Å²) in [6.07, 6.45) is 5.51. The van der Waals surface area contributed by atoms with Crippen LogP contribution >= 0.6 is 0 Å². The maximum Gasteiger partial charge on any atom is 0.269 e. The van der Waals surface area contributed by atoms with E-state index in [0.29, 0.717) is 5.91 Å². The minimum absolute atomic E-state index is 0.106.